The van der Waals surface area contributed by atoms with Crippen molar-refractivity contribution < 1.29 is 35.1 Å². The maximum Gasteiger partial charge on any atom is 0.331 e. The fraction of sp³-hybridized carbons (Fsp3) is 1.00. The summed E-state index contributed by atoms with van der Waals surface area (Å²) in [6.07, 6.45) is -0.874. The van der Waals surface area contributed by atoms with Gasteiger partial charge in [0.2, 0.25) is 0 Å². The second-order valence-electron chi connectivity index (χ2n) is 9.89. The lowest BCUT2D eigenvalue weighted by Crippen LogP contribution is -2.62. The van der Waals surface area contributed by atoms with Gasteiger partial charge in [-0.15, -0.1) is 5.43 Å². The molecule has 7 atom stereocenters. The fourth-order valence-electron chi connectivity index (χ4n) is 5.06. The van der Waals surface area contributed by atoms with E-state index in [0.717, 1.165) is 12.8 Å². The molecule has 9 heteroatoms. The first-order chi connectivity index (χ1) is 12.7. The summed E-state index contributed by atoms with van der Waals surface area (Å²) >= 11 is 0. The topological polar surface area (TPSA) is 142 Å². The number of aliphatic hydroxyl groups excluding tert-OH is 4. The van der Waals surface area contributed by atoms with Crippen molar-refractivity contribution in [1.82, 2.24) is 5.43 Å². The smallest absolute Gasteiger partial charge is 0.331 e. The van der Waals surface area contributed by atoms with Gasteiger partial charge in [0.25, 0.3) is 0 Å². The molecule has 0 amide bonds. The molecule has 0 aromatic carbocycles. The number of nitrogens with zero attached hydrogens (tertiary/aromatic N) is 1. The highest BCUT2D eigenvalue weighted by Crippen LogP contribution is 2.54. The van der Waals surface area contributed by atoms with E-state index in [0.29, 0.717) is 17.7 Å². The largest absolute Gasteiger partial charge is 0.396 e. The molecule has 0 aromatic heterocycles. The monoisotopic (exact) mass is 405 g/mol. The molecule has 1 saturated heterocycles. The number of hydrazine groups is 1. The van der Waals surface area contributed by atoms with Crippen molar-refractivity contribution in [3.8, 4) is 0 Å². The van der Waals surface area contributed by atoms with Crippen LogP contribution in [-0.4, -0.2) is 72.9 Å². The van der Waals surface area contributed by atoms with Crippen LogP contribution >= 0.6 is 0 Å². The van der Waals surface area contributed by atoms with E-state index in [1.54, 1.807) is 0 Å². The van der Waals surface area contributed by atoms with E-state index in [4.69, 9.17) is 4.74 Å². The van der Waals surface area contributed by atoms with Crippen molar-refractivity contribution >= 4 is 0 Å². The Morgan fingerprint density at radius 3 is 2.36 bits per heavy atom. The molecule has 0 spiro atoms. The summed E-state index contributed by atoms with van der Waals surface area (Å²) in [5, 5.41) is 49.4. The van der Waals surface area contributed by atoms with E-state index >= 15 is 0 Å². The quantitative estimate of drug-likeness (QED) is 0.170. The highest BCUT2D eigenvalue weighted by atomic mass is 16.7. The third-order valence-corrected chi connectivity index (χ3v) is 6.09. The molecule has 1 saturated carbocycles. The van der Waals surface area contributed by atoms with Crippen LogP contribution in [-0.2, 0) is 4.74 Å². The zero-order valence-corrected chi connectivity index (χ0v) is 17.5. The average molecular weight is 406 g/mol. The molecule has 9 nitrogen and oxygen atoms in total. The Morgan fingerprint density at radius 1 is 1.21 bits per heavy atom. The van der Waals surface area contributed by atoms with Crippen molar-refractivity contribution in [1.29, 1.82) is 0 Å². The number of ether oxygens (including phenoxy) is 1. The number of hydrogen-bond acceptors (Lipinski definition) is 7. The van der Waals surface area contributed by atoms with E-state index in [9.17, 15) is 30.4 Å². The van der Waals surface area contributed by atoms with Gasteiger partial charge in [0.15, 0.2) is 5.79 Å². The molecular formula is C19H37N2O7+. The van der Waals surface area contributed by atoms with Crippen LogP contribution < -0.4 is 5.43 Å². The number of rotatable bonds is 10. The van der Waals surface area contributed by atoms with Gasteiger partial charge < -0.3 is 30.3 Å². The lowest BCUT2D eigenvalue weighted by atomic mass is 9.75. The van der Waals surface area contributed by atoms with Crippen molar-refractivity contribution in [2.75, 3.05) is 6.61 Å². The molecule has 1 aliphatic heterocycles. The SMILES string of the molecule is CC(O)[N+](=O)NC(C)(C)CC(C)(C)CCCC1OC2(O)C(CO)C(O)C(O)C12. The minimum Gasteiger partial charge on any atom is -0.396 e. The number of nitroso groups, excluding NO2 is 1. The number of nitrogens with one attached hydrogen (secondary N) is 1. The van der Waals surface area contributed by atoms with Crippen molar-refractivity contribution in [3.63, 3.8) is 0 Å². The van der Waals surface area contributed by atoms with Crippen LogP contribution in [0.15, 0.2) is 0 Å². The molecule has 2 aliphatic rings. The standard InChI is InChI=1S/C19H37N2O7/c1-11(23)21(27)20-18(4,5)10-17(2,3)8-6-7-13-14-16(25)15(24)12(9-22)19(14,26)28-13/h11-16,22-26H,6-10H2,1-5H3,(H,20,27)/q+1. The van der Waals surface area contributed by atoms with E-state index < -0.39 is 48.2 Å². The first kappa shape index (κ1) is 23.4. The molecule has 0 aromatic rings. The van der Waals surface area contributed by atoms with Gasteiger partial charge in [0.1, 0.15) is 4.87 Å². The van der Waals surface area contributed by atoms with Crippen molar-refractivity contribution in [3.05, 3.63) is 4.91 Å². The zero-order chi connectivity index (χ0) is 21.5. The predicted octanol–water partition coefficient (Wildman–Crippen LogP) is 0.0209. The van der Waals surface area contributed by atoms with Gasteiger partial charge in [0, 0.05) is 6.92 Å². The number of aliphatic hydroxyl groups is 5. The fourth-order valence-corrected chi connectivity index (χ4v) is 5.06. The van der Waals surface area contributed by atoms with Gasteiger partial charge in [-0.2, -0.15) is 0 Å². The molecular weight excluding hydrogens is 368 g/mol. The maximum atomic E-state index is 11.7. The van der Waals surface area contributed by atoms with Gasteiger partial charge in [-0.3, -0.25) is 0 Å². The minimum absolute atomic E-state index is 0.0997. The number of fused-ring (bicyclic) bond motifs is 1. The van der Waals surface area contributed by atoms with Gasteiger partial charge in [-0.05, 0) is 38.5 Å². The molecule has 7 unspecified atom stereocenters. The Kier molecular flexibility index (Phi) is 6.80. The third-order valence-electron chi connectivity index (χ3n) is 6.09. The summed E-state index contributed by atoms with van der Waals surface area (Å²) in [4.78, 5) is 12.1. The van der Waals surface area contributed by atoms with Gasteiger partial charge >= 0.3 is 6.23 Å². The number of hydrogen-bond donors (Lipinski definition) is 6. The summed E-state index contributed by atoms with van der Waals surface area (Å²) in [5.74, 6) is -3.14. The predicted molar refractivity (Wildman–Crippen MR) is 101 cm³/mol. The summed E-state index contributed by atoms with van der Waals surface area (Å²) in [7, 11) is 0. The average Bonchev–Trinajstić information content (AvgIpc) is 2.65. The molecule has 1 aliphatic carbocycles. The minimum atomic E-state index is -1.65. The van der Waals surface area contributed by atoms with E-state index in [1.807, 2.05) is 13.8 Å². The molecule has 2 fully saturated rings. The van der Waals surface area contributed by atoms with E-state index in [2.05, 4.69) is 19.3 Å². The van der Waals surface area contributed by atoms with Crippen LogP contribution in [0.5, 0.6) is 0 Å². The highest BCUT2D eigenvalue weighted by Gasteiger charge is 2.69. The first-order valence-electron chi connectivity index (χ1n) is 10.0. The van der Waals surface area contributed by atoms with Crippen LogP contribution in [0.2, 0.25) is 0 Å². The Balaban J connectivity index is 1.84. The Morgan fingerprint density at radius 2 is 1.82 bits per heavy atom. The summed E-state index contributed by atoms with van der Waals surface area (Å²) in [6, 6.07) is 0. The van der Waals surface area contributed by atoms with Crippen LogP contribution in [0.25, 0.3) is 0 Å². The Bertz CT molecular complexity index is 568. The van der Waals surface area contributed by atoms with E-state index in [1.165, 1.54) is 6.92 Å². The maximum absolute atomic E-state index is 11.7. The van der Waals surface area contributed by atoms with Crippen molar-refractivity contribution in [2.45, 2.75) is 96.2 Å². The second kappa shape index (κ2) is 8.12. The van der Waals surface area contributed by atoms with Crippen LogP contribution in [0.1, 0.15) is 60.3 Å². The first-order valence-corrected chi connectivity index (χ1v) is 10.0. The summed E-state index contributed by atoms with van der Waals surface area (Å²) in [6.45, 7) is 8.96. The normalized spacial score (nSPS) is 36.6. The zero-order valence-electron chi connectivity index (χ0n) is 17.5. The van der Waals surface area contributed by atoms with Crippen LogP contribution in [0, 0.1) is 22.2 Å². The van der Waals surface area contributed by atoms with Crippen LogP contribution in [0.3, 0.4) is 0 Å². The third kappa shape index (κ3) is 4.66. The Hall–Kier alpha value is -0.840. The molecule has 6 N–H and O–H groups in total. The molecule has 28 heavy (non-hydrogen) atoms. The lowest BCUT2D eigenvalue weighted by Gasteiger charge is -2.50. The summed E-state index contributed by atoms with van der Waals surface area (Å²) in [5.41, 5.74) is 2.17. The second-order valence-corrected chi connectivity index (χ2v) is 9.89. The van der Waals surface area contributed by atoms with E-state index in [-0.39, 0.29) is 11.5 Å². The summed E-state index contributed by atoms with van der Waals surface area (Å²) < 4.78 is 5.58. The Labute approximate surface area is 166 Å². The van der Waals surface area contributed by atoms with Crippen molar-refractivity contribution in [2.24, 2.45) is 17.3 Å². The van der Waals surface area contributed by atoms with Gasteiger partial charge in [-0.25, -0.2) is 0 Å². The molecule has 1 heterocycles. The van der Waals surface area contributed by atoms with Gasteiger partial charge in [0.05, 0.1) is 47.2 Å². The van der Waals surface area contributed by atoms with Gasteiger partial charge in [-0.1, -0.05) is 20.3 Å². The van der Waals surface area contributed by atoms with Crippen LogP contribution in [0.4, 0.5) is 0 Å². The highest BCUT2D eigenvalue weighted by molar-refractivity contribution is 5.11. The lowest BCUT2D eigenvalue weighted by molar-refractivity contribution is -0.682. The molecule has 0 radical (unpaired) electrons. The molecule has 0 bridgehead atoms. The molecule has 2 rings (SSSR count). The molecule has 164 valence electrons.